The van der Waals surface area contributed by atoms with Crippen molar-refractivity contribution in [2.24, 2.45) is 0 Å². The fourth-order valence-electron chi connectivity index (χ4n) is 7.99. The van der Waals surface area contributed by atoms with Crippen LogP contribution in [0.1, 0.15) is 213 Å². The molecule has 0 saturated carbocycles. The maximum absolute atomic E-state index is 13.1. The number of unbranched alkanes of at least 4 members (excludes halogenated alkanes) is 14. The molecule has 1 aliphatic heterocycles. The van der Waals surface area contributed by atoms with Crippen LogP contribution in [0.25, 0.3) is 0 Å². The molecule has 1 aliphatic rings. The molecular weight excluding hydrogens is 973 g/mol. The smallest absolute Gasteiger partial charge is 0.335 e. The fourth-order valence-corrected chi connectivity index (χ4v) is 7.99. The predicted octanol–water partition coefficient (Wildman–Crippen LogP) is 15.2. The Morgan fingerprint density at radius 3 is 1.35 bits per heavy atom. The lowest BCUT2D eigenvalue weighted by molar-refractivity contribution is -0.301. The lowest BCUT2D eigenvalue weighted by Gasteiger charge is -2.40. The Morgan fingerprint density at radius 1 is 0.442 bits per heavy atom. The number of hydrogen-bond acceptors (Lipinski definition) is 11. The molecule has 0 radical (unpaired) electrons. The van der Waals surface area contributed by atoms with Gasteiger partial charge in [-0.25, -0.2) is 4.79 Å². The van der Waals surface area contributed by atoms with Crippen LogP contribution in [-0.2, 0) is 42.9 Å². The van der Waals surface area contributed by atoms with E-state index in [9.17, 15) is 34.5 Å². The first-order chi connectivity index (χ1) is 37.6. The summed E-state index contributed by atoms with van der Waals surface area (Å²) in [6, 6.07) is 0. The van der Waals surface area contributed by atoms with Gasteiger partial charge in [-0.05, 0) is 116 Å². The molecule has 12 nitrogen and oxygen atoms in total. The van der Waals surface area contributed by atoms with Crippen molar-refractivity contribution < 1.29 is 58.2 Å². The molecular formula is C65H102O12. The summed E-state index contributed by atoms with van der Waals surface area (Å²) in [4.78, 5) is 51.1. The first-order valence-corrected chi connectivity index (χ1v) is 29.5. The minimum absolute atomic E-state index is 0.0295. The second-order valence-corrected chi connectivity index (χ2v) is 19.5. The summed E-state index contributed by atoms with van der Waals surface area (Å²) in [6.07, 6.45) is 58.9. The van der Waals surface area contributed by atoms with Crippen molar-refractivity contribution >= 4 is 23.9 Å². The van der Waals surface area contributed by atoms with Gasteiger partial charge in [-0.3, -0.25) is 14.4 Å². The number of allylic oxidation sites excluding steroid dienone is 20. The summed E-state index contributed by atoms with van der Waals surface area (Å²) in [5.41, 5.74) is 0. The molecule has 1 heterocycles. The molecule has 0 aromatic heterocycles. The first kappa shape index (κ1) is 70.1. The van der Waals surface area contributed by atoms with Gasteiger partial charge in [0.15, 0.2) is 24.6 Å². The summed E-state index contributed by atoms with van der Waals surface area (Å²) in [6.45, 7) is 5.69. The van der Waals surface area contributed by atoms with Crippen molar-refractivity contribution in [3.05, 3.63) is 122 Å². The van der Waals surface area contributed by atoms with Crippen LogP contribution in [0.4, 0.5) is 0 Å². The molecule has 0 spiro atoms. The molecule has 12 heteroatoms. The summed E-state index contributed by atoms with van der Waals surface area (Å²) in [7, 11) is 0. The molecule has 1 rings (SSSR count). The number of aliphatic hydroxyl groups excluding tert-OH is 2. The lowest BCUT2D eigenvalue weighted by atomic mass is 9.98. The van der Waals surface area contributed by atoms with Gasteiger partial charge in [-0.2, -0.15) is 0 Å². The highest BCUT2D eigenvalue weighted by molar-refractivity contribution is 5.74. The maximum Gasteiger partial charge on any atom is 0.335 e. The number of rotatable bonds is 48. The molecule has 6 atom stereocenters. The van der Waals surface area contributed by atoms with Gasteiger partial charge in [0, 0.05) is 19.3 Å². The van der Waals surface area contributed by atoms with E-state index < -0.39 is 67.3 Å². The summed E-state index contributed by atoms with van der Waals surface area (Å²) in [5.74, 6) is -3.29. The van der Waals surface area contributed by atoms with Crippen molar-refractivity contribution in [2.75, 3.05) is 13.2 Å². The van der Waals surface area contributed by atoms with Gasteiger partial charge in [-0.15, -0.1) is 0 Å². The number of carboxylic acid groups (broad SMARTS) is 1. The Kier molecular flexibility index (Phi) is 47.2. The van der Waals surface area contributed by atoms with Crippen molar-refractivity contribution in [2.45, 2.75) is 250 Å². The average molecular weight is 1080 g/mol. The fraction of sp³-hybridized carbons (Fsp3) is 0.631. The van der Waals surface area contributed by atoms with Gasteiger partial charge >= 0.3 is 23.9 Å². The second-order valence-electron chi connectivity index (χ2n) is 19.5. The van der Waals surface area contributed by atoms with Crippen molar-refractivity contribution in [1.82, 2.24) is 0 Å². The Labute approximate surface area is 465 Å². The minimum atomic E-state index is -1.93. The zero-order valence-electron chi connectivity index (χ0n) is 47.7. The zero-order chi connectivity index (χ0) is 56.1. The normalized spacial score (nSPS) is 18.9. The van der Waals surface area contributed by atoms with Crippen LogP contribution in [-0.4, -0.2) is 89.2 Å². The molecule has 434 valence electrons. The van der Waals surface area contributed by atoms with Gasteiger partial charge in [0.05, 0.1) is 6.61 Å². The molecule has 0 aromatic rings. The van der Waals surface area contributed by atoms with E-state index in [4.69, 9.17) is 23.7 Å². The Hall–Kier alpha value is -4.88. The van der Waals surface area contributed by atoms with Crippen LogP contribution < -0.4 is 0 Å². The van der Waals surface area contributed by atoms with Gasteiger partial charge in [0.1, 0.15) is 18.8 Å². The molecule has 3 N–H and O–H groups in total. The standard InChI is InChI=1S/C65H102O12/c1-4-7-10-13-16-19-22-25-27-28-29-30-32-34-36-39-42-45-48-51-57(66)73-54-56(75-58(67)52-49-46-43-40-37-33-24-21-18-15-12-9-6-3)55-74-65-63(61(70)60(69)62(77-65)64(71)72)76-59(68)53-50-47-44-41-38-35-31-26-23-20-17-14-11-8-5-2/h7,10,12,15-17,19-21,24-27,29-31,34,36,42,45,56,60-63,65,69-70H,4-6,8-9,11,13-14,18,22-23,28,32-33,35,37-41,43-44,46-55H2,1-3H3,(H,71,72)/b10-7-,15-12-,19-16-,20-17-,24-21-,27-25-,30-29-,31-26-,36-34-,45-42-. The van der Waals surface area contributed by atoms with Crippen LogP contribution in [0.15, 0.2) is 122 Å². The number of carbonyl (C=O) groups excluding carboxylic acids is 3. The number of ether oxygens (including phenoxy) is 5. The number of esters is 3. The summed E-state index contributed by atoms with van der Waals surface area (Å²) >= 11 is 0. The van der Waals surface area contributed by atoms with Crippen LogP contribution in [0, 0.1) is 0 Å². The second kappa shape index (κ2) is 51.9. The van der Waals surface area contributed by atoms with Crippen molar-refractivity contribution in [3.63, 3.8) is 0 Å². The molecule has 0 aliphatic carbocycles. The summed E-state index contributed by atoms with van der Waals surface area (Å²) < 4.78 is 28.3. The lowest BCUT2D eigenvalue weighted by Crippen LogP contribution is -2.61. The van der Waals surface area contributed by atoms with Crippen molar-refractivity contribution in [1.29, 1.82) is 0 Å². The minimum Gasteiger partial charge on any atom is -0.479 e. The highest BCUT2D eigenvalue weighted by Gasteiger charge is 2.50. The van der Waals surface area contributed by atoms with Crippen LogP contribution in [0.5, 0.6) is 0 Å². The molecule has 6 unspecified atom stereocenters. The Bertz CT molecular complexity index is 1800. The highest BCUT2D eigenvalue weighted by Crippen LogP contribution is 2.26. The molecule has 1 saturated heterocycles. The molecule has 77 heavy (non-hydrogen) atoms. The van der Waals surface area contributed by atoms with Crippen LogP contribution >= 0.6 is 0 Å². The van der Waals surface area contributed by atoms with Gasteiger partial charge < -0.3 is 39.0 Å². The van der Waals surface area contributed by atoms with E-state index in [0.717, 1.165) is 135 Å². The van der Waals surface area contributed by atoms with E-state index in [1.165, 1.54) is 19.3 Å². The predicted molar refractivity (Wildman–Crippen MR) is 312 cm³/mol. The number of aliphatic hydroxyl groups is 2. The third kappa shape index (κ3) is 41.8. The van der Waals surface area contributed by atoms with E-state index in [1.807, 2.05) is 12.2 Å². The Balaban J connectivity index is 2.76. The number of aliphatic carboxylic acids is 1. The van der Waals surface area contributed by atoms with Crippen molar-refractivity contribution in [3.8, 4) is 0 Å². The van der Waals surface area contributed by atoms with E-state index in [1.54, 1.807) is 0 Å². The van der Waals surface area contributed by atoms with Crippen LogP contribution in [0.3, 0.4) is 0 Å². The molecule has 0 aromatic carbocycles. The molecule has 1 fully saturated rings. The SMILES string of the molecule is CC/C=C\C/C=C\C/C=C\C/C=C\C/C=C\C/C=C\CCC(=O)OCC(COC1OC(C(=O)O)C(O)C(O)C1OC(=O)CCCCCCC/C=C\C/C=C\CCCCC)OC(=O)CCCCCCC/C=C\C/C=C\CCC. The van der Waals surface area contributed by atoms with Gasteiger partial charge in [-0.1, -0.05) is 200 Å². The van der Waals surface area contributed by atoms with Gasteiger partial charge in [0.2, 0.25) is 0 Å². The van der Waals surface area contributed by atoms with E-state index in [-0.39, 0.29) is 25.9 Å². The number of carboxylic acids is 1. The molecule has 0 amide bonds. The third-order valence-corrected chi connectivity index (χ3v) is 12.5. The summed E-state index contributed by atoms with van der Waals surface area (Å²) in [5, 5.41) is 31.5. The van der Waals surface area contributed by atoms with Crippen LogP contribution in [0.2, 0.25) is 0 Å². The zero-order valence-corrected chi connectivity index (χ0v) is 47.7. The first-order valence-electron chi connectivity index (χ1n) is 29.5. The highest BCUT2D eigenvalue weighted by atomic mass is 16.7. The van der Waals surface area contributed by atoms with E-state index in [2.05, 4.69) is 130 Å². The Morgan fingerprint density at radius 2 is 0.870 bits per heavy atom. The number of carbonyl (C=O) groups is 4. The maximum atomic E-state index is 13.1. The van der Waals surface area contributed by atoms with E-state index >= 15 is 0 Å². The average Bonchev–Trinajstić information content (AvgIpc) is 3.42. The topological polar surface area (TPSA) is 175 Å². The van der Waals surface area contributed by atoms with Gasteiger partial charge in [0.25, 0.3) is 0 Å². The molecule has 0 bridgehead atoms. The monoisotopic (exact) mass is 1070 g/mol. The number of hydrogen-bond donors (Lipinski definition) is 3. The van der Waals surface area contributed by atoms with E-state index in [0.29, 0.717) is 19.3 Å². The third-order valence-electron chi connectivity index (χ3n) is 12.5. The quantitative estimate of drug-likeness (QED) is 0.0228. The largest absolute Gasteiger partial charge is 0.479 e.